The number of hydrogen-bond donors (Lipinski definition) is 1. The number of ether oxygens (including phenoxy) is 1. The number of benzene rings is 2. The van der Waals surface area contributed by atoms with Crippen LogP contribution in [0, 0.1) is 5.92 Å². The summed E-state index contributed by atoms with van der Waals surface area (Å²) >= 11 is 0. The van der Waals surface area contributed by atoms with E-state index in [4.69, 9.17) is 4.74 Å². The van der Waals surface area contributed by atoms with E-state index in [0.29, 0.717) is 29.5 Å². The molecular weight excluding hydrogens is 426 g/mol. The van der Waals surface area contributed by atoms with Gasteiger partial charge in [-0.2, -0.15) is 0 Å². The van der Waals surface area contributed by atoms with Gasteiger partial charge in [0.2, 0.25) is 5.91 Å². The number of anilines is 2. The number of rotatable bonds is 5. The van der Waals surface area contributed by atoms with E-state index in [1.165, 1.54) is 19.3 Å². The maximum atomic E-state index is 13.1. The van der Waals surface area contributed by atoms with Crippen LogP contribution in [0.15, 0.2) is 42.5 Å². The number of amides is 2. The topological polar surface area (TPSA) is 61.9 Å². The number of hydrogen-bond acceptors (Lipinski definition) is 4. The summed E-state index contributed by atoms with van der Waals surface area (Å²) in [7, 11) is 1.61. The average molecular weight is 466 g/mol. The molecule has 1 heterocycles. The van der Waals surface area contributed by atoms with E-state index in [2.05, 4.69) is 24.1 Å². The van der Waals surface area contributed by atoms with E-state index in [-0.39, 0.29) is 11.8 Å². The standard InChI is InChI=1S/C28H39N3O3/c1-21(2)19-30-15-8-6-5-7-9-16-31(22(3)32)27-14-13-23(17-24(27)20-30)28(33)29-25-11-10-12-26(18-25)34-4/h10-14,17-18,21H,5-9,15-16,19-20H2,1-4H3,(H,29,33). The highest BCUT2D eigenvalue weighted by Crippen LogP contribution is 2.27. The molecule has 2 aromatic carbocycles. The molecule has 0 fully saturated rings. The number of carbonyl (C=O) groups excluding carboxylic acids is 2. The lowest BCUT2D eigenvalue weighted by atomic mass is 10.0. The molecule has 2 aromatic rings. The van der Waals surface area contributed by atoms with E-state index < -0.39 is 0 Å². The first-order valence-corrected chi connectivity index (χ1v) is 12.5. The molecule has 184 valence electrons. The molecule has 6 heteroatoms. The summed E-state index contributed by atoms with van der Waals surface area (Å²) < 4.78 is 5.27. The fraction of sp³-hybridized carbons (Fsp3) is 0.500. The summed E-state index contributed by atoms with van der Waals surface area (Å²) in [6, 6.07) is 13.1. The Morgan fingerprint density at radius 2 is 1.74 bits per heavy atom. The van der Waals surface area contributed by atoms with Gasteiger partial charge in [0.05, 0.1) is 7.11 Å². The van der Waals surface area contributed by atoms with Crippen LogP contribution in [0.25, 0.3) is 0 Å². The van der Waals surface area contributed by atoms with Crippen molar-refractivity contribution in [3.05, 3.63) is 53.6 Å². The van der Waals surface area contributed by atoms with Crippen molar-refractivity contribution in [2.45, 2.75) is 59.4 Å². The first kappa shape index (κ1) is 25.8. The van der Waals surface area contributed by atoms with E-state index in [0.717, 1.165) is 43.7 Å². The van der Waals surface area contributed by atoms with Gasteiger partial charge in [-0.3, -0.25) is 14.5 Å². The Kier molecular flexibility index (Phi) is 9.52. The van der Waals surface area contributed by atoms with Crippen LogP contribution in [-0.4, -0.2) is 43.5 Å². The molecule has 0 aromatic heterocycles. The minimum atomic E-state index is -0.174. The lowest BCUT2D eigenvalue weighted by Gasteiger charge is -2.30. The van der Waals surface area contributed by atoms with E-state index in [9.17, 15) is 9.59 Å². The predicted octanol–water partition coefficient (Wildman–Crippen LogP) is 5.72. The average Bonchev–Trinajstić information content (AvgIpc) is 2.79. The lowest BCUT2D eigenvalue weighted by molar-refractivity contribution is -0.116. The number of carbonyl (C=O) groups is 2. The second kappa shape index (κ2) is 12.6. The Labute approximate surface area is 204 Å². The first-order chi connectivity index (χ1) is 16.4. The summed E-state index contributed by atoms with van der Waals surface area (Å²) in [6.45, 7) is 9.54. The van der Waals surface area contributed by atoms with Crippen molar-refractivity contribution in [2.75, 3.05) is 37.0 Å². The normalized spacial score (nSPS) is 15.7. The van der Waals surface area contributed by atoms with Crippen LogP contribution in [0.4, 0.5) is 11.4 Å². The molecule has 0 spiro atoms. The molecule has 3 rings (SSSR count). The summed E-state index contributed by atoms with van der Waals surface area (Å²) in [5.41, 5.74) is 3.21. The number of methoxy groups -OCH3 is 1. The molecule has 0 bridgehead atoms. The van der Waals surface area contributed by atoms with Gasteiger partial charge < -0.3 is 15.0 Å². The van der Waals surface area contributed by atoms with Crippen LogP contribution in [0.1, 0.15) is 68.8 Å². The van der Waals surface area contributed by atoms with Crippen molar-refractivity contribution in [3.8, 4) is 5.75 Å². The Bertz CT molecular complexity index is 973. The molecule has 34 heavy (non-hydrogen) atoms. The zero-order valence-corrected chi connectivity index (χ0v) is 21.1. The van der Waals surface area contributed by atoms with Crippen LogP contribution in [-0.2, 0) is 11.3 Å². The Morgan fingerprint density at radius 1 is 1.00 bits per heavy atom. The fourth-order valence-electron chi connectivity index (χ4n) is 4.60. The van der Waals surface area contributed by atoms with Crippen molar-refractivity contribution in [3.63, 3.8) is 0 Å². The lowest BCUT2D eigenvalue weighted by Crippen LogP contribution is -2.33. The van der Waals surface area contributed by atoms with E-state index in [1.807, 2.05) is 41.3 Å². The Balaban J connectivity index is 1.94. The van der Waals surface area contributed by atoms with Crippen molar-refractivity contribution in [2.24, 2.45) is 5.92 Å². The monoisotopic (exact) mass is 465 g/mol. The van der Waals surface area contributed by atoms with Crippen LogP contribution in [0.3, 0.4) is 0 Å². The fourth-order valence-corrected chi connectivity index (χ4v) is 4.60. The third kappa shape index (κ3) is 7.32. The second-order valence-electron chi connectivity index (χ2n) is 9.60. The zero-order chi connectivity index (χ0) is 24.5. The van der Waals surface area contributed by atoms with Crippen LogP contribution in [0.5, 0.6) is 5.75 Å². The molecule has 1 aliphatic rings. The van der Waals surface area contributed by atoms with Gasteiger partial charge in [-0.05, 0) is 61.2 Å². The summed E-state index contributed by atoms with van der Waals surface area (Å²) in [6.07, 6.45) is 5.72. The Morgan fingerprint density at radius 3 is 2.44 bits per heavy atom. The molecule has 6 nitrogen and oxygen atoms in total. The van der Waals surface area contributed by atoms with Crippen molar-refractivity contribution in [1.82, 2.24) is 4.90 Å². The third-order valence-corrected chi connectivity index (χ3v) is 6.21. The van der Waals surface area contributed by atoms with Crippen molar-refractivity contribution < 1.29 is 14.3 Å². The molecule has 1 N–H and O–H groups in total. The maximum absolute atomic E-state index is 13.1. The molecular formula is C28H39N3O3. The van der Waals surface area contributed by atoms with E-state index in [1.54, 1.807) is 20.1 Å². The molecule has 0 unspecified atom stereocenters. The molecule has 2 amide bonds. The number of fused-ring (bicyclic) bond motifs is 1. The maximum Gasteiger partial charge on any atom is 0.255 e. The molecule has 0 saturated heterocycles. The largest absolute Gasteiger partial charge is 0.497 e. The van der Waals surface area contributed by atoms with Gasteiger partial charge in [-0.25, -0.2) is 0 Å². The van der Waals surface area contributed by atoms with Gasteiger partial charge >= 0.3 is 0 Å². The highest BCUT2D eigenvalue weighted by molar-refractivity contribution is 6.05. The van der Waals surface area contributed by atoms with E-state index >= 15 is 0 Å². The smallest absolute Gasteiger partial charge is 0.255 e. The molecule has 0 saturated carbocycles. The predicted molar refractivity (Wildman–Crippen MR) is 139 cm³/mol. The molecule has 1 aliphatic heterocycles. The molecule has 0 atom stereocenters. The minimum Gasteiger partial charge on any atom is -0.497 e. The molecule has 0 radical (unpaired) electrons. The van der Waals surface area contributed by atoms with Gasteiger partial charge in [0.1, 0.15) is 5.75 Å². The minimum absolute atomic E-state index is 0.0438. The highest BCUT2D eigenvalue weighted by Gasteiger charge is 2.20. The van der Waals surface area contributed by atoms with Crippen LogP contribution in [0.2, 0.25) is 0 Å². The number of nitrogens with zero attached hydrogens (tertiary/aromatic N) is 2. The number of nitrogens with one attached hydrogen (secondary N) is 1. The van der Waals surface area contributed by atoms with Gasteiger partial charge in [0.15, 0.2) is 0 Å². The Hall–Kier alpha value is -2.86. The third-order valence-electron chi connectivity index (χ3n) is 6.21. The van der Waals surface area contributed by atoms with Crippen molar-refractivity contribution >= 4 is 23.2 Å². The van der Waals surface area contributed by atoms with Crippen molar-refractivity contribution in [1.29, 1.82) is 0 Å². The SMILES string of the molecule is COc1cccc(NC(=O)c2ccc3c(c2)CN(CC(C)C)CCCCCCCN3C(C)=O)c1. The quantitative estimate of drug-likeness (QED) is 0.613. The van der Waals surface area contributed by atoms with Gasteiger partial charge in [-0.1, -0.05) is 39.2 Å². The van der Waals surface area contributed by atoms with Gasteiger partial charge in [0, 0.05) is 49.6 Å². The first-order valence-electron chi connectivity index (χ1n) is 12.5. The van der Waals surface area contributed by atoms with Gasteiger partial charge in [-0.15, -0.1) is 0 Å². The summed E-state index contributed by atoms with van der Waals surface area (Å²) in [5, 5.41) is 2.97. The van der Waals surface area contributed by atoms with Gasteiger partial charge in [0.25, 0.3) is 5.91 Å². The molecule has 0 aliphatic carbocycles. The van der Waals surface area contributed by atoms with Crippen LogP contribution >= 0.6 is 0 Å². The highest BCUT2D eigenvalue weighted by atomic mass is 16.5. The zero-order valence-electron chi connectivity index (χ0n) is 21.1. The summed E-state index contributed by atoms with van der Waals surface area (Å²) in [4.78, 5) is 30.0. The summed E-state index contributed by atoms with van der Waals surface area (Å²) in [5.74, 6) is 1.10. The van der Waals surface area contributed by atoms with Crippen LogP contribution < -0.4 is 15.0 Å². The second-order valence-corrected chi connectivity index (χ2v) is 9.60.